The number of hydrogen-bond acceptors (Lipinski definition) is 3. The van der Waals surface area contributed by atoms with Gasteiger partial charge in [-0.05, 0) is 32.9 Å². The van der Waals surface area contributed by atoms with Gasteiger partial charge in [0.25, 0.3) is 0 Å². The third-order valence-electron chi connectivity index (χ3n) is 3.72. The lowest BCUT2D eigenvalue weighted by Crippen LogP contribution is -2.70. The van der Waals surface area contributed by atoms with Gasteiger partial charge in [0, 0.05) is 11.8 Å². The molecule has 18 heavy (non-hydrogen) atoms. The average molecular weight is 272 g/mol. The summed E-state index contributed by atoms with van der Waals surface area (Å²) in [5, 5.41) is 2.88. The van der Waals surface area contributed by atoms with Gasteiger partial charge in [-0.3, -0.25) is 9.59 Å². The van der Waals surface area contributed by atoms with Crippen molar-refractivity contribution in [3.05, 3.63) is 0 Å². The lowest BCUT2D eigenvalue weighted by atomic mass is 9.90. The molecule has 1 saturated heterocycles. The minimum atomic E-state index is -0.741. The van der Waals surface area contributed by atoms with Crippen LogP contribution >= 0.6 is 11.8 Å². The van der Waals surface area contributed by atoms with Gasteiger partial charge in [0.2, 0.25) is 11.8 Å². The molecule has 104 valence electrons. The van der Waals surface area contributed by atoms with Crippen molar-refractivity contribution in [3.8, 4) is 0 Å². The zero-order valence-corrected chi connectivity index (χ0v) is 12.8. The van der Waals surface area contributed by atoms with Crippen LogP contribution in [0.3, 0.4) is 0 Å². The van der Waals surface area contributed by atoms with Crippen LogP contribution in [-0.2, 0) is 9.59 Å². The minimum Gasteiger partial charge on any atom is -0.340 e. The Labute approximate surface area is 114 Å². The molecule has 0 radical (unpaired) electrons. The predicted molar refractivity (Wildman–Crippen MR) is 75.6 cm³/mol. The summed E-state index contributed by atoms with van der Waals surface area (Å²) in [6.45, 7) is 7.72. The fourth-order valence-corrected chi connectivity index (χ4v) is 3.06. The second kappa shape index (κ2) is 5.95. The van der Waals surface area contributed by atoms with E-state index in [9.17, 15) is 9.59 Å². The molecule has 0 saturated carbocycles. The number of carbonyl (C=O) groups is 2. The highest BCUT2D eigenvalue weighted by molar-refractivity contribution is 7.98. The van der Waals surface area contributed by atoms with Crippen LogP contribution in [0.4, 0.5) is 0 Å². The monoisotopic (exact) mass is 272 g/mol. The zero-order chi connectivity index (χ0) is 13.9. The molecule has 0 spiro atoms. The molecule has 1 rings (SSSR count). The first-order chi connectivity index (χ1) is 8.41. The average Bonchev–Trinajstić information content (AvgIpc) is 2.33. The van der Waals surface area contributed by atoms with E-state index in [1.165, 1.54) is 0 Å². The van der Waals surface area contributed by atoms with E-state index in [2.05, 4.69) is 5.32 Å². The maximum absolute atomic E-state index is 12.6. The summed E-state index contributed by atoms with van der Waals surface area (Å²) < 4.78 is 0. The van der Waals surface area contributed by atoms with E-state index in [0.717, 1.165) is 5.75 Å². The lowest BCUT2D eigenvalue weighted by Gasteiger charge is -2.46. The van der Waals surface area contributed by atoms with E-state index in [1.807, 2.05) is 34.0 Å². The highest BCUT2D eigenvalue weighted by Gasteiger charge is 2.47. The van der Waals surface area contributed by atoms with Crippen molar-refractivity contribution < 1.29 is 9.59 Å². The summed E-state index contributed by atoms with van der Waals surface area (Å²) in [6, 6.07) is -0.228. The summed E-state index contributed by atoms with van der Waals surface area (Å²) >= 11 is 1.70. The number of carbonyl (C=O) groups excluding carboxylic acids is 2. The van der Waals surface area contributed by atoms with Gasteiger partial charge in [-0.25, -0.2) is 0 Å². The van der Waals surface area contributed by atoms with E-state index >= 15 is 0 Å². The minimum absolute atomic E-state index is 0.0191. The van der Waals surface area contributed by atoms with Crippen LogP contribution in [0, 0.1) is 0 Å². The molecular formula is C13H24N2O2S. The molecule has 0 aromatic rings. The number of rotatable bonds is 5. The third-order valence-corrected chi connectivity index (χ3v) is 4.54. The van der Waals surface area contributed by atoms with Gasteiger partial charge in [0.15, 0.2) is 0 Å². The van der Waals surface area contributed by atoms with Crippen LogP contribution in [0.15, 0.2) is 0 Å². The van der Waals surface area contributed by atoms with Crippen molar-refractivity contribution in [3.63, 3.8) is 0 Å². The van der Waals surface area contributed by atoms with Gasteiger partial charge >= 0.3 is 0 Å². The Morgan fingerprint density at radius 3 is 2.50 bits per heavy atom. The van der Waals surface area contributed by atoms with E-state index in [0.29, 0.717) is 12.8 Å². The highest BCUT2D eigenvalue weighted by Crippen LogP contribution is 2.25. The van der Waals surface area contributed by atoms with Crippen molar-refractivity contribution >= 4 is 23.6 Å². The molecule has 0 aliphatic carbocycles. The topological polar surface area (TPSA) is 49.4 Å². The van der Waals surface area contributed by atoms with Crippen molar-refractivity contribution in [1.82, 2.24) is 10.2 Å². The molecule has 0 bridgehead atoms. The molecule has 5 heteroatoms. The van der Waals surface area contributed by atoms with Gasteiger partial charge in [-0.15, -0.1) is 0 Å². The second-order valence-electron chi connectivity index (χ2n) is 5.12. The third kappa shape index (κ3) is 2.66. The first-order valence-electron chi connectivity index (χ1n) is 6.55. The largest absolute Gasteiger partial charge is 0.340 e. The van der Waals surface area contributed by atoms with Crippen molar-refractivity contribution in [2.45, 2.75) is 58.2 Å². The van der Waals surface area contributed by atoms with Crippen LogP contribution in [0.1, 0.15) is 40.5 Å². The fourth-order valence-electron chi connectivity index (χ4n) is 2.41. The van der Waals surface area contributed by atoms with Crippen LogP contribution in [0.25, 0.3) is 0 Å². The second-order valence-corrected chi connectivity index (χ2v) is 6.03. The molecule has 0 aromatic carbocycles. The van der Waals surface area contributed by atoms with E-state index in [4.69, 9.17) is 0 Å². The van der Waals surface area contributed by atoms with Crippen LogP contribution < -0.4 is 5.32 Å². The van der Waals surface area contributed by atoms with Crippen LogP contribution in [-0.4, -0.2) is 46.3 Å². The van der Waals surface area contributed by atoms with Gasteiger partial charge in [0.1, 0.15) is 11.6 Å². The predicted octanol–water partition coefficient (Wildman–Crippen LogP) is 1.64. The molecule has 3 atom stereocenters. The van der Waals surface area contributed by atoms with Crippen molar-refractivity contribution in [2.75, 3.05) is 12.0 Å². The quantitative estimate of drug-likeness (QED) is 0.828. The van der Waals surface area contributed by atoms with Crippen molar-refractivity contribution in [1.29, 1.82) is 0 Å². The number of nitrogens with one attached hydrogen (secondary N) is 1. The molecule has 1 fully saturated rings. The van der Waals surface area contributed by atoms with E-state index < -0.39 is 5.54 Å². The number of piperazine rings is 1. The smallest absolute Gasteiger partial charge is 0.248 e. The number of thioether (sulfide) groups is 1. The summed E-state index contributed by atoms with van der Waals surface area (Å²) in [5.74, 6) is 0.891. The Kier molecular flexibility index (Phi) is 5.08. The molecule has 4 nitrogen and oxygen atoms in total. The first kappa shape index (κ1) is 15.3. The van der Waals surface area contributed by atoms with E-state index in [1.54, 1.807) is 16.7 Å². The molecule has 3 unspecified atom stereocenters. The highest BCUT2D eigenvalue weighted by atomic mass is 32.2. The lowest BCUT2D eigenvalue weighted by molar-refractivity contribution is -0.156. The number of nitrogens with zero attached hydrogens (tertiary/aromatic N) is 1. The summed E-state index contributed by atoms with van der Waals surface area (Å²) in [6.07, 6.45) is 3.30. The van der Waals surface area contributed by atoms with Gasteiger partial charge in [-0.2, -0.15) is 11.8 Å². The molecule has 1 heterocycles. The van der Waals surface area contributed by atoms with Gasteiger partial charge in [-0.1, -0.05) is 13.8 Å². The van der Waals surface area contributed by atoms with Gasteiger partial charge < -0.3 is 10.2 Å². The Bertz CT molecular complexity index is 335. The van der Waals surface area contributed by atoms with Crippen LogP contribution in [0.5, 0.6) is 0 Å². The first-order valence-corrected chi connectivity index (χ1v) is 7.94. The van der Waals surface area contributed by atoms with Gasteiger partial charge in [0.05, 0.1) is 0 Å². The molecule has 2 amide bonds. The Balaban J connectivity index is 3.06. The SMILES string of the molecule is CCC1C(=O)NC(C)(CC)C(=O)N1C(C)CSC. The number of hydrogen-bond donors (Lipinski definition) is 1. The standard InChI is InChI=1S/C13H24N2O2S/c1-6-10-11(16)14-13(4,7-2)12(17)15(10)9(3)8-18-5/h9-10H,6-8H2,1-5H3,(H,14,16). The molecule has 1 aliphatic rings. The zero-order valence-electron chi connectivity index (χ0n) is 11.9. The summed E-state index contributed by atoms with van der Waals surface area (Å²) in [4.78, 5) is 26.6. The fraction of sp³-hybridized carbons (Fsp3) is 0.846. The Morgan fingerprint density at radius 1 is 1.44 bits per heavy atom. The van der Waals surface area contributed by atoms with E-state index in [-0.39, 0.29) is 23.9 Å². The summed E-state index contributed by atoms with van der Waals surface area (Å²) in [7, 11) is 0. The number of amides is 2. The Morgan fingerprint density at radius 2 is 2.06 bits per heavy atom. The molecular weight excluding hydrogens is 248 g/mol. The molecule has 1 N–H and O–H groups in total. The molecule has 1 aliphatic heterocycles. The molecule has 0 aromatic heterocycles. The maximum atomic E-state index is 12.6. The van der Waals surface area contributed by atoms with Crippen LogP contribution in [0.2, 0.25) is 0 Å². The van der Waals surface area contributed by atoms with Crippen molar-refractivity contribution in [2.24, 2.45) is 0 Å². The Hall–Kier alpha value is -0.710. The maximum Gasteiger partial charge on any atom is 0.248 e. The summed E-state index contributed by atoms with van der Waals surface area (Å²) in [5.41, 5.74) is -0.741. The normalized spacial score (nSPS) is 30.3.